The number of nitrogens with zero attached hydrogens (tertiary/aromatic N) is 1. The lowest BCUT2D eigenvalue weighted by atomic mass is 10.1. The van der Waals surface area contributed by atoms with Gasteiger partial charge in [0.05, 0.1) is 6.61 Å². The molecule has 3 N–H and O–H groups in total. The van der Waals surface area contributed by atoms with Crippen molar-refractivity contribution in [1.82, 2.24) is 9.55 Å². The largest absolute Gasteiger partial charge is 0.394 e. The summed E-state index contributed by atoms with van der Waals surface area (Å²) >= 11 is 0. The third kappa shape index (κ3) is 2.66. The SMILES string of the molecule is C#CCOC1C(O)[C@H](CO)O[C@@H]1n1ccc(=O)[nH]c1=O. The van der Waals surface area contributed by atoms with Crippen LogP contribution in [-0.2, 0) is 9.47 Å². The Labute approximate surface area is 113 Å². The van der Waals surface area contributed by atoms with Crippen molar-refractivity contribution in [2.24, 2.45) is 0 Å². The number of aliphatic hydroxyl groups is 2. The quantitative estimate of drug-likeness (QED) is 0.540. The second-order valence-electron chi connectivity index (χ2n) is 4.24. The van der Waals surface area contributed by atoms with Crippen LogP contribution in [0.5, 0.6) is 0 Å². The van der Waals surface area contributed by atoms with E-state index in [4.69, 9.17) is 21.0 Å². The maximum absolute atomic E-state index is 11.7. The second-order valence-corrected chi connectivity index (χ2v) is 4.24. The van der Waals surface area contributed by atoms with E-state index >= 15 is 0 Å². The highest BCUT2D eigenvalue weighted by Crippen LogP contribution is 2.30. The van der Waals surface area contributed by atoms with E-state index in [2.05, 4.69) is 10.9 Å². The number of nitrogens with one attached hydrogen (secondary N) is 1. The zero-order chi connectivity index (χ0) is 14.7. The van der Waals surface area contributed by atoms with Gasteiger partial charge in [0.15, 0.2) is 6.23 Å². The van der Waals surface area contributed by atoms with Crippen molar-refractivity contribution in [3.05, 3.63) is 33.1 Å². The first-order valence-electron chi connectivity index (χ1n) is 5.89. The lowest BCUT2D eigenvalue weighted by Crippen LogP contribution is -2.39. The van der Waals surface area contributed by atoms with E-state index in [-0.39, 0.29) is 6.61 Å². The average molecular weight is 282 g/mol. The molecule has 0 radical (unpaired) electrons. The van der Waals surface area contributed by atoms with Crippen LogP contribution in [0.1, 0.15) is 6.23 Å². The van der Waals surface area contributed by atoms with Crippen LogP contribution in [-0.4, -0.2) is 51.3 Å². The fourth-order valence-electron chi connectivity index (χ4n) is 2.05. The molecule has 1 aromatic rings. The topological polar surface area (TPSA) is 114 Å². The Morgan fingerprint density at radius 1 is 1.55 bits per heavy atom. The van der Waals surface area contributed by atoms with Gasteiger partial charge in [0.1, 0.15) is 24.9 Å². The van der Waals surface area contributed by atoms with Crippen LogP contribution >= 0.6 is 0 Å². The Kier molecular flexibility index (Phi) is 4.36. The van der Waals surface area contributed by atoms with Crippen LogP contribution in [0.3, 0.4) is 0 Å². The molecule has 2 rings (SSSR count). The Bertz CT molecular complexity index is 615. The van der Waals surface area contributed by atoms with Crippen molar-refractivity contribution in [3.8, 4) is 12.3 Å². The van der Waals surface area contributed by atoms with Gasteiger partial charge in [0.25, 0.3) is 5.56 Å². The second kappa shape index (κ2) is 6.02. The number of hydrogen-bond donors (Lipinski definition) is 3. The van der Waals surface area contributed by atoms with E-state index in [0.29, 0.717) is 0 Å². The Hall–Kier alpha value is -1.92. The summed E-state index contributed by atoms with van der Waals surface area (Å²) in [6.45, 7) is -0.524. The molecule has 1 aromatic heterocycles. The van der Waals surface area contributed by atoms with Gasteiger partial charge in [-0.1, -0.05) is 5.92 Å². The minimum Gasteiger partial charge on any atom is -0.394 e. The zero-order valence-electron chi connectivity index (χ0n) is 10.4. The van der Waals surface area contributed by atoms with Crippen molar-refractivity contribution in [3.63, 3.8) is 0 Å². The molecule has 8 nitrogen and oxygen atoms in total. The van der Waals surface area contributed by atoms with Crippen LogP contribution in [0.4, 0.5) is 0 Å². The van der Waals surface area contributed by atoms with Gasteiger partial charge in [-0.2, -0.15) is 0 Å². The predicted octanol–water partition coefficient (Wildman–Crippen LogP) is -2.19. The molecule has 8 heteroatoms. The molecule has 1 aliphatic heterocycles. The van der Waals surface area contributed by atoms with Crippen LogP contribution in [0.15, 0.2) is 21.9 Å². The maximum atomic E-state index is 11.7. The average Bonchev–Trinajstić information content (AvgIpc) is 2.73. The number of aliphatic hydroxyl groups excluding tert-OH is 2. The van der Waals surface area contributed by atoms with Gasteiger partial charge < -0.3 is 19.7 Å². The summed E-state index contributed by atoms with van der Waals surface area (Å²) in [7, 11) is 0. The minimum absolute atomic E-state index is 0.0855. The molecule has 1 fully saturated rings. The molecule has 2 heterocycles. The number of aromatic nitrogens is 2. The van der Waals surface area contributed by atoms with Crippen molar-refractivity contribution in [2.75, 3.05) is 13.2 Å². The van der Waals surface area contributed by atoms with Crippen LogP contribution in [0, 0.1) is 12.3 Å². The highest BCUT2D eigenvalue weighted by molar-refractivity contribution is 4.95. The smallest absolute Gasteiger partial charge is 0.330 e. The number of rotatable bonds is 4. The molecule has 108 valence electrons. The summed E-state index contributed by atoms with van der Waals surface area (Å²) in [4.78, 5) is 24.8. The fraction of sp³-hybridized carbons (Fsp3) is 0.500. The summed E-state index contributed by atoms with van der Waals surface area (Å²) in [6.07, 6.45) is 2.36. The van der Waals surface area contributed by atoms with Gasteiger partial charge in [0, 0.05) is 12.3 Å². The van der Waals surface area contributed by atoms with E-state index in [0.717, 1.165) is 10.6 Å². The van der Waals surface area contributed by atoms with Gasteiger partial charge in [-0.05, 0) is 0 Å². The van der Waals surface area contributed by atoms with Gasteiger partial charge >= 0.3 is 5.69 Å². The van der Waals surface area contributed by atoms with Crippen molar-refractivity contribution < 1.29 is 19.7 Å². The molecular formula is C12H14N2O6. The maximum Gasteiger partial charge on any atom is 0.330 e. The number of hydrogen-bond acceptors (Lipinski definition) is 6. The molecule has 2 unspecified atom stereocenters. The van der Waals surface area contributed by atoms with Crippen molar-refractivity contribution in [1.29, 1.82) is 0 Å². The molecular weight excluding hydrogens is 268 g/mol. The summed E-state index contributed by atoms with van der Waals surface area (Å²) in [6, 6.07) is 1.14. The van der Waals surface area contributed by atoms with Crippen LogP contribution < -0.4 is 11.2 Å². The minimum atomic E-state index is -1.14. The zero-order valence-corrected chi connectivity index (χ0v) is 10.4. The third-order valence-electron chi connectivity index (χ3n) is 2.98. The van der Waals surface area contributed by atoms with Crippen molar-refractivity contribution in [2.45, 2.75) is 24.5 Å². The van der Waals surface area contributed by atoms with E-state index in [1.54, 1.807) is 0 Å². The number of ether oxygens (including phenoxy) is 2. The predicted molar refractivity (Wildman–Crippen MR) is 66.9 cm³/mol. The molecule has 0 saturated carbocycles. The van der Waals surface area contributed by atoms with E-state index in [9.17, 15) is 14.7 Å². The molecule has 0 aliphatic carbocycles. The number of aromatic amines is 1. The highest BCUT2D eigenvalue weighted by atomic mass is 16.6. The summed E-state index contributed by atoms with van der Waals surface area (Å²) < 4.78 is 11.7. The molecule has 1 aliphatic rings. The van der Waals surface area contributed by atoms with Gasteiger partial charge in [-0.25, -0.2) is 4.79 Å². The first kappa shape index (κ1) is 14.5. The standard InChI is InChI=1S/C12H14N2O6/c1-2-5-19-10-9(17)7(6-15)20-11(10)14-4-3-8(16)13-12(14)18/h1,3-4,7,9-11,15,17H,5-6H2,(H,13,16,18)/t7-,9?,10?,11-/m0/s1. The number of H-pyrrole nitrogens is 1. The lowest BCUT2D eigenvalue weighted by molar-refractivity contribution is -0.0677. The highest BCUT2D eigenvalue weighted by Gasteiger charge is 2.45. The van der Waals surface area contributed by atoms with Crippen LogP contribution in [0.2, 0.25) is 0 Å². The van der Waals surface area contributed by atoms with Crippen LogP contribution in [0.25, 0.3) is 0 Å². The Morgan fingerprint density at radius 2 is 2.30 bits per heavy atom. The fourth-order valence-corrected chi connectivity index (χ4v) is 2.05. The van der Waals surface area contributed by atoms with Gasteiger partial charge in [0.2, 0.25) is 0 Å². The van der Waals surface area contributed by atoms with E-state index < -0.39 is 42.4 Å². The molecule has 0 bridgehead atoms. The summed E-state index contributed by atoms with van der Waals surface area (Å²) in [5.74, 6) is 2.25. The summed E-state index contributed by atoms with van der Waals surface area (Å²) in [5.41, 5.74) is -1.26. The molecule has 0 aromatic carbocycles. The first-order chi connectivity index (χ1) is 9.58. The first-order valence-corrected chi connectivity index (χ1v) is 5.89. The molecule has 20 heavy (non-hydrogen) atoms. The van der Waals surface area contributed by atoms with Crippen molar-refractivity contribution >= 4 is 0 Å². The Morgan fingerprint density at radius 3 is 2.90 bits per heavy atom. The van der Waals surface area contributed by atoms with E-state index in [1.807, 2.05) is 0 Å². The normalized spacial score (nSPS) is 29.2. The van der Waals surface area contributed by atoms with Gasteiger partial charge in [-0.3, -0.25) is 14.3 Å². The van der Waals surface area contributed by atoms with Gasteiger partial charge in [-0.15, -0.1) is 6.42 Å². The molecule has 0 spiro atoms. The lowest BCUT2D eigenvalue weighted by Gasteiger charge is -2.21. The summed E-state index contributed by atoms with van der Waals surface area (Å²) in [5, 5.41) is 19.1. The van der Waals surface area contributed by atoms with E-state index in [1.165, 1.54) is 6.20 Å². The molecule has 4 atom stereocenters. The Balaban J connectivity index is 2.34. The molecule has 0 amide bonds. The monoisotopic (exact) mass is 282 g/mol. The molecule has 1 saturated heterocycles. The third-order valence-corrected chi connectivity index (χ3v) is 2.98. The number of terminal acetylenes is 1.